The monoisotopic (exact) mass is 506 g/mol. The summed E-state index contributed by atoms with van der Waals surface area (Å²) in [5.74, 6) is -0.523. The van der Waals surface area contributed by atoms with Crippen molar-refractivity contribution in [2.45, 2.75) is 11.8 Å². The number of rotatable bonds is 8. The van der Waals surface area contributed by atoms with E-state index in [9.17, 15) is 17.6 Å². The van der Waals surface area contributed by atoms with Crippen LogP contribution < -0.4 is 14.4 Å². The Hall–Kier alpha value is -2.91. The summed E-state index contributed by atoms with van der Waals surface area (Å²) >= 11 is 3.32. The predicted molar refractivity (Wildman–Crippen MR) is 121 cm³/mol. The van der Waals surface area contributed by atoms with E-state index < -0.39 is 28.3 Å². The Morgan fingerprint density at radius 3 is 2.19 bits per heavy atom. The summed E-state index contributed by atoms with van der Waals surface area (Å²) in [4.78, 5) is 12.6. The molecule has 0 aliphatic rings. The van der Waals surface area contributed by atoms with Crippen LogP contribution in [-0.4, -0.2) is 27.5 Å². The van der Waals surface area contributed by atoms with Crippen molar-refractivity contribution in [3.05, 3.63) is 83.1 Å². The highest BCUT2D eigenvalue weighted by Crippen LogP contribution is 2.26. The minimum atomic E-state index is -4.11. The second-order valence-corrected chi connectivity index (χ2v) is 9.23. The van der Waals surface area contributed by atoms with Crippen LogP contribution in [-0.2, 0) is 14.8 Å². The Kier molecular flexibility index (Phi) is 7.29. The minimum absolute atomic E-state index is 0.0169. The third-order valence-electron chi connectivity index (χ3n) is 4.25. The van der Waals surface area contributed by atoms with E-state index in [1.807, 2.05) is 6.92 Å². The zero-order valence-electron chi connectivity index (χ0n) is 16.6. The largest absolute Gasteiger partial charge is 0.494 e. The van der Waals surface area contributed by atoms with Crippen LogP contribution in [0.1, 0.15) is 6.92 Å². The molecular weight excluding hydrogens is 487 g/mol. The van der Waals surface area contributed by atoms with Crippen molar-refractivity contribution >= 4 is 43.2 Å². The first-order valence-electron chi connectivity index (χ1n) is 9.36. The number of ether oxygens (including phenoxy) is 1. The molecule has 9 heteroatoms. The number of hydrogen-bond donors (Lipinski definition) is 1. The molecule has 0 spiro atoms. The van der Waals surface area contributed by atoms with Crippen molar-refractivity contribution < 1.29 is 22.3 Å². The maximum Gasteiger partial charge on any atom is 0.264 e. The summed E-state index contributed by atoms with van der Waals surface area (Å²) in [6, 6.07) is 17.7. The third kappa shape index (κ3) is 5.83. The van der Waals surface area contributed by atoms with Gasteiger partial charge >= 0.3 is 0 Å². The molecule has 6 nitrogen and oxygen atoms in total. The van der Waals surface area contributed by atoms with Crippen LogP contribution in [0.4, 0.5) is 15.8 Å². The van der Waals surface area contributed by atoms with Crippen LogP contribution in [0.5, 0.6) is 5.75 Å². The fraction of sp³-hybridized carbons (Fsp3) is 0.136. The van der Waals surface area contributed by atoms with Gasteiger partial charge in [-0.2, -0.15) is 0 Å². The number of sulfonamides is 1. The molecule has 1 N–H and O–H groups in total. The van der Waals surface area contributed by atoms with Crippen LogP contribution in [0.25, 0.3) is 0 Å². The van der Waals surface area contributed by atoms with Gasteiger partial charge in [-0.25, -0.2) is 12.8 Å². The molecule has 0 saturated carbocycles. The van der Waals surface area contributed by atoms with Crippen molar-refractivity contribution in [1.82, 2.24) is 0 Å². The van der Waals surface area contributed by atoms with Crippen molar-refractivity contribution in [3.63, 3.8) is 0 Å². The summed E-state index contributed by atoms with van der Waals surface area (Å²) < 4.78 is 47.2. The molecule has 3 rings (SSSR count). The molecule has 0 aromatic heterocycles. The van der Waals surface area contributed by atoms with Crippen LogP contribution >= 0.6 is 15.9 Å². The molecule has 3 aromatic carbocycles. The molecule has 162 valence electrons. The number of benzene rings is 3. The normalized spacial score (nSPS) is 11.1. The SMILES string of the molecule is CCOc1ccc(S(=O)(=O)N(CC(=O)Nc2ccc(Br)cc2)c2ccc(F)cc2)cc1. The summed E-state index contributed by atoms with van der Waals surface area (Å²) in [7, 11) is -4.11. The summed E-state index contributed by atoms with van der Waals surface area (Å²) in [5, 5.41) is 2.67. The Labute approximate surface area is 188 Å². The number of anilines is 2. The third-order valence-corrected chi connectivity index (χ3v) is 6.57. The smallest absolute Gasteiger partial charge is 0.264 e. The van der Waals surface area contributed by atoms with Gasteiger partial charge in [0.05, 0.1) is 17.2 Å². The van der Waals surface area contributed by atoms with Crippen molar-refractivity contribution in [2.75, 3.05) is 22.8 Å². The molecule has 0 fully saturated rings. The molecule has 0 aliphatic carbocycles. The maximum atomic E-state index is 13.4. The number of amides is 1. The van der Waals surface area contributed by atoms with Gasteiger partial charge in [0.15, 0.2) is 0 Å². The summed E-state index contributed by atoms with van der Waals surface area (Å²) in [6.45, 7) is 1.78. The highest BCUT2D eigenvalue weighted by molar-refractivity contribution is 9.10. The van der Waals surface area contributed by atoms with Gasteiger partial charge < -0.3 is 10.1 Å². The number of halogens is 2. The second-order valence-electron chi connectivity index (χ2n) is 6.45. The molecule has 1 amide bonds. The molecule has 0 unspecified atom stereocenters. The van der Waals surface area contributed by atoms with Gasteiger partial charge in [0, 0.05) is 10.2 Å². The number of nitrogens with zero attached hydrogens (tertiary/aromatic N) is 1. The number of hydrogen-bond acceptors (Lipinski definition) is 4. The van der Waals surface area contributed by atoms with E-state index in [-0.39, 0.29) is 10.6 Å². The minimum Gasteiger partial charge on any atom is -0.494 e. The fourth-order valence-electron chi connectivity index (χ4n) is 2.79. The number of carbonyl (C=O) groups is 1. The Morgan fingerprint density at radius 2 is 1.61 bits per heavy atom. The standard InChI is InChI=1S/C22H20BrFN2O4S/c1-2-30-20-11-13-21(14-12-20)31(28,29)26(19-9-5-17(24)6-10-19)15-22(27)25-18-7-3-16(23)4-8-18/h3-14H,2,15H2,1H3,(H,25,27). The van der Waals surface area contributed by atoms with Gasteiger partial charge in [-0.15, -0.1) is 0 Å². The Bertz CT molecular complexity index is 1140. The highest BCUT2D eigenvalue weighted by atomic mass is 79.9. The summed E-state index contributed by atoms with van der Waals surface area (Å²) in [5.41, 5.74) is 0.687. The van der Waals surface area contributed by atoms with E-state index >= 15 is 0 Å². The Balaban J connectivity index is 1.90. The van der Waals surface area contributed by atoms with Gasteiger partial charge in [0.2, 0.25) is 5.91 Å². The van der Waals surface area contributed by atoms with E-state index in [0.717, 1.165) is 20.9 Å². The first-order valence-corrected chi connectivity index (χ1v) is 11.6. The molecule has 0 radical (unpaired) electrons. The average Bonchev–Trinajstić information content (AvgIpc) is 2.75. The van der Waals surface area contributed by atoms with Gasteiger partial charge in [-0.3, -0.25) is 9.10 Å². The number of carbonyl (C=O) groups excluding carboxylic acids is 1. The topological polar surface area (TPSA) is 75.7 Å². The molecule has 0 heterocycles. The van der Waals surface area contributed by atoms with E-state index in [1.54, 1.807) is 36.4 Å². The molecule has 0 aliphatic heterocycles. The van der Waals surface area contributed by atoms with Gasteiger partial charge in [0.1, 0.15) is 18.1 Å². The zero-order valence-corrected chi connectivity index (χ0v) is 19.0. The maximum absolute atomic E-state index is 13.4. The van der Waals surface area contributed by atoms with E-state index in [1.165, 1.54) is 24.3 Å². The van der Waals surface area contributed by atoms with Gasteiger partial charge in [0.25, 0.3) is 10.0 Å². The van der Waals surface area contributed by atoms with Gasteiger partial charge in [-0.05, 0) is 79.7 Å². The molecular formula is C22H20BrFN2O4S. The van der Waals surface area contributed by atoms with Crippen LogP contribution in [0.2, 0.25) is 0 Å². The molecule has 3 aromatic rings. The Morgan fingerprint density at radius 1 is 1.00 bits per heavy atom. The predicted octanol–water partition coefficient (Wildman–Crippen LogP) is 4.82. The lowest BCUT2D eigenvalue weighted by atomic mass is 10.3. The van der Waals surface area contributed by atoms with E-state index in [2.05, 4.69) is 21.2 Å². The highest BCUT2D eigenvalue weighted by Gasteiger charge is 2.27. The van der Waals surface area contributed by atoms with Crippen LogP contribution in [0.15, 0.2) is 82.2 Å². The lowest BCUT2D eigenvalue weighted by Gasteiger charge is -2.24. The van der Waals surface area contributed by atoms with Crippen molar-refractivity contribution in [2.24, 2.45) is 0 Å². The second kappa shape index (κ2) is 9.93. The van der Waals surface area contributed by atoms with E-state index in [0.29, 0.717) is 18.0 Å². The van der Waals surface area contributed by atoms with Crippen molar-refractivity contribution in [3.8, 4) is 5.75 Å². The number of nitrogens with one attached hydrogen (secondary N) is 1. The zero-order chi connectivity index (χ0) is 22.4. The lowest BCUT2D eigenvalue weighted by molar-refractivity contribution is -0.114. The quantitative estimate of drug-likeness (QED) is 0.475. The molecule has 0 bridgehead atoms. The fourth-order valence-corrected chi connectivity index (χ4v) is 4.47. The first kappa shape index (κ1) is 22.8. The first-order chi connectivity index (χ1) is 14.8. The van der Waals surface area contributed by atoms with Crippen molar-refractivity contribution in [1.29, 1.82) is 0 Å². The summed E-state index contributed by atoms with van der Waals surface area (Å²) in [6.07, 6.45) is 0. The molecule has 31 heavy (non-hydrogen) atoms. The average molecular weight is 507 g/mol. The molecule has 0 atom stereocenters. The van der Waals surface area contributed by atoms with Gasteiger partial charge in [-0.1, -0.05) is 15.9 Å². The molecule has 0 saturated heterocycles. The van der Waals surface area contributed by atoms with Crippen LogP contribution in [0.3, 0.4) is 0 Å². The van der Waals surface area contributed by atoms with E-state index in [4.69, 9.17) is 4.74 Å². The lowest BCUT2D eigenvalue weighted by Crippen LogP contribution is -2.38. The van der Waals surface area contributed by atoms with Crippen LogP contribution in [0, 0.1) is 5.82 Å².